The van der Waals surface area contributed by atoms with E-state index in [1.54, 1.807) is 24.3 Å². The van der Waals surface area contributed by atoms with Crippen LogP contribution in [0.2, 0.25) is 0 Å². The molecule has 0 saturated heterocycles. The highest BCUT2D eigenvalue weighted by Gasteiger charge is 2.31. The van der Waals surface area contributed by atoms with Gasteiger partial charge in [0.2, 0.25) is 17.4 Å². The maximum absolute atomic E-state index is 12.9. The molecule has 1 aromatic carbocycles. The zero-order chi connectivity index (χ0) is 17.3. The van der Waals surface area contributed by atoms with Crippen molar-refractivity contribution in [2.45, 2.75) is 19.9 Å². The fourth-order valence-electron chi connectivity index (χ4n) is 2.24. The van der Waals surface area contributed by atoms with Crippen LogP contribution < -0.4 is 0 Å². The number of nitrogens with zero attached hydrogens (tertiary/aromatic N) is 5. The molecule has 0 aliphatic rings. The van der Waals surface area contributed by atoms with Crippen molar-refractivity contribution in [3.8, 4) is 11.4 Å². The maximum Gasteiger partial charge on any atom is 0.319 e. The highest BCUT2D eigenvalue weighted by molar-refractivity contribution is 5.53. The van der Waals surface area contributed by atoms with Crippen LogP contribution in [0.5, 0.6) is 0 Å². The molecule has 0 atom stereocenters. The highest BCUT2D eigenvalue weighted by atomic mass is 19.3. The van der Waals surface area contributed by atoms with Crippen molar-refractivity contribution in [2.75, 3.05) is 0 Å². The van der Waals surface area contributed by atoms with Gasteiger partial charge in [0.25, 0.3) is 6.43 Å². The van der Waals surface area contributed by atoms with Crippen molar-refractivity contribution in [3.05, 3.63) is 57.7 Å². The monoisotopic (exact) mass is 335 g/mol. The van der Waals surface area contributed by atoms with Gasteiger partial charge in [0.05, 0.1) is 4.92 Å². The minimum atomic E-state index is -3.05. The molecule has 0 amide bonds. The van der Waals surface area contributed by atoms with Gasteiger partial charge in [-0.15, -0.1) is 0 Å². The Balaban J connectivity index is 1.91. The lowest BCUT2D eigenvalue weighted by atomic mass is 10.2. The lowest BCUT2D eigenvalue weighted by Crippen LogP contribution is -2.05. The molecule has 10 heteroatoms. The number of hydrogen-bond acceptors (Lipinski definition) is 6. The Bertz CT molecular complexity index is 876. The molecule has 0 saturated carbocycles. The van der Waals surface area contributed by atoms with E-state index in [1.807, 2.05) is 6.07 Å². The Labute approximate surface area is 133 Å². The molecule has 0 spiro atoms. The lowest BCUT2D eigenvalue weighted by Gasteiger charge is -1.98. The van der Waals surface area contributed by atoms with Crippen LogP contribution in [0.4, 0.5) is 14.5 Å². The molecule has 0 unspecified atom stereocenters. The fraction of sp³-hybridized carbons (Fsp3) is 0.214. The van der Waals surface area contributed by atoms with Gasteiger partial charge in [0, 0.05) is 5.56 Å². The molecule has 24 heavy (non-hydrogen) atoms. The Morgan fingerprint density at radius 2 is 2.04 bits per heavy atom. The van der Waals surface area contributed by atoms with Crippen LogP contribution in [0, 0.1) is 17.0 Å². The SMILES string of the molecule is Cc1c([N+](=O)[O-])c(C(F)F)nn1Cc1nc(-c2ccccc2)no1. The number of aromatic nitrogens is 4. The van der Waals surface area contributed by atoms with Gasteiger partial charge in [-0.05, 0) is 6.92 Å². The minimum Gasteiger partial charge on any atom is -0.337 e. The van der Waals surface area contributed by atoms with Crippen LogP contribution in [-0.2, 0) is 6.54 Å². The fourth-order valence-corrected chi connectivity index (χ4v) is 2.24. The molecule has 0 fully saturated rings. The van der Waals surface area contributed by atoms with Gasteiger partial charge in [-0.3, -0.25) is 14.8 Å². The summed E-state index contributed by atoms with van der Waals surface area (Å²) in [7, 11) is 0. The number of benzene rings is 1. The topological polar surface area (TPSA) is 99.9 Å². The first kappa shape index (κ1) is 15.7. The number of nitro groups is 1. The first-order chi connectivity index (χ1) is 11.5. The van der Waals surface area contributed by atoms with E-state index in [9.17, 15) is 18.9 Å². The molecule has 2 aromatic heterocycles. The van der Waals surface area contributed by atoms with E-state index in [4.69, 9.17) is 4.52 Å². The summed E-state index contributed by atoms with van der Waals surface area (Å²) in [6.45, 7) is 1.20. The molecule has 8 nitrogen and oxygen atoms in total. The Kier molecular flexibility index (Phi) is 4.02. The predicted molar refractivity (Wildman–Crippen MR) is 77.4 cm³/mol. The zero-order valence-electron chi connectivity index (χ0n) is 12.4. The van der Waals surface area contributed by atoms with Crippen molar-refractivity contribution in [1.82, 2.24) is 19.9 Å². The average Bonchev–Trinajstić information content (AvgIpc) is 3.14. The van der Waals surface area contributed by atoms with Gasteiger partial charge in [-0.25, -0.2) is 8.78 Å². The van der Waals surface area contributed by atoms with Crippen LogP contribution in [0.1, 0.15) is 23.7 Å². The molecule has 2 heterocycles. The second-order valence-electron chi connectivity index (χ2n) is 4.91. The largest absolute Gasteiger partial charge is 0.337 e. The summed E-state index contributed by atoms with van der Waals surface area (Å²) in [6, 6.07) is 9.02. The maximum atomic E-state index is 12.9. The summed E-state index contributed by atoms with van der Waals surface area (Å²) in [6.07, 6.45) is -3.05. The molecule has 0 aliphatic carbocycles. The normalized spacial score (nSPS) is 11.2. The van der Waals surface area contributed by atoms with Crippen LogP contribution in [0.25, 0.3) is 11.4 Å². The van der Waals surface area contributed by atoms with Crippen LogP contribution in [0.3, 0.4) is 0 Å². The first-order valence-electron chi connectivity index (χ1n) is 6.85. The van der Waals surface area contributed by atoms with Crippen molar-refractivity contribution in [3.63, 3.8) is 0 Å². The summed E-state index contributed by atoms with van der Waals surface area (Å²) in [4.78, 5) is 14.2. The number of halogens is 2. The van der Waals surface area contributed by atoms with E-state index in [2.05, 4.69) is 15.2 Å². The van der Waals surface area contributed by atoms with E-state index in [-0.39, 0.29) is 18.1 Å². The third-order valence-corrected chi connectivity index (χ3v) is 3.38. The van der Waals surface area contributed by atoms with E-state index in [0.717, 1.165) is 10.2 Å². The molecule has 0 N–H and O–H groups in total. The predicted octanol–water partition coefficient (Wildman–Crippen LogP) is 3.14. The van der Waals surface area contributed by atoms with Crippen molar-refractivity contribution < 1.29 is 18.2 Å². The molecular weight excluding hydrogens is 324 g/mol. The molecule has 3 rings (SSSR count). The molecule has 0 aliphatic heterocycles. The quantitative estimate of drug-likeness (QED) is 0.524. The summed E-state index contributed by atoms with van der Waals surface area (Å²) in [5, 5.41) is 18.4. The summed E-state index contributed by atoms with van der Waals surface area (Å²) in [5.41, 5.74) is -0.855. The lowest BCUT2D eigenvalue weighted by molar-refractivity contribution is -0.386. The van der Waals surface area contributed by atoms with Gasteiger partial charge >= 0.3 is 5.69 Å². The van der Waals surface area contributed by atoms with Crippen LogP contribution >= 0.6 is 0 Å². The van der Waals surface area contributed by atoms with E-state index >= 15 is 0 Å². The zero-order valence-corrected chi connectivity index (χ0v) is 12.4. The highest BCUT2D eigenvalue weighted by Crippen LogP contribution is 2.31. The molecule has 124 valence electrons. The van der Waals surface area contributed by atoms with Crippen molar-refractivity contribution >= 4 is 5.69 Å². The Morgan fingerprint density at radius 3 is 2.62 bits per heavy atom. The molecular formula is C14H11F2N5O3. The third kappa shape index (κ3) is 2.85. The van der Waals surface area contributed by atoms with Crippen LogP contribution in [0.15, 0.2) is 34.9 Å². The summed E-state index contributed by atoms with van der Waals surface area (Å²) < 4.78 is 32.0. The number of rotatable bonds is 5. The number of alkyl halides is 2. The third-order valence-electron chi connectivity index (χ3n) is 3.38. The minimum absolute atomic E-state index is 0.00485. The summed E-state index contributed by atoms with van der Waals surface area (Å²) in [5.74, 6) is 0.439. The van der Waals surface area contributed by atoms with Gasteiger partial charge in [0.1, 0.15) is 12.2 Å². The second-order valence-corrected chi connectivity index (χ2v) is 4.91. The van der Waals surface area contributed by atoms with Crippen molar-refractivity contribution in [1.29, 1.82) is 0 Å². The van der Waals surface area contributed by atoms with Crippen molar-refractivity contribution in [2.24, 2.45) is 0 Å². The van der Waals surface area contributed by atoms with E-state index in [1.165, 1.54) is 6.92 Å². The average molecular weight is 335 g/mol. The molecule has 0 bridgehead atoms. The summed E-state index contributed by atoms with van der Waals surface area (Å²) >= 11 is 0. The molecule has 0 radical (unpaired) electrons. The molecule has 3 aromatic rings. The van der Waals surface area contributed by atoms with E-state index in [0.29, 0.717) is 5.82 Å². The van der Waals surface area contributed by atoms with Gasteiger partial charge in [0.15, 0.2) is 0 Å². The smallest absolute Gasteiger partial charge is 0.319 e. The second kappa shape index (κ2) is 6.14. The van der Waals surface area contributed by atoms with Crippen LogP contribution in [-0.4, -0.2) is 24.8 Å². The van der Waals surface area contributed by atoms with Gasteiger partial charge < -0.3 is 4.52 Å². The number of hydrogen-bond donors (Lipinski definition) is 0. The Morgan fingerprint density at radius 1 is 1.33 bits per heavy atom. The Hall–Kier alpha value is -3.17. The standard InChI is InChI=1S/C14H11F2N5O3/c1-8-12(21(22)23)11(13(15)16)18-20(8)7-10-17-14(19-24-10)9-5-3-2-4-6-9/h2-6,13H,7H2,1H3. The first-order valence-corrected chi connectivity index (χ1v) is 6.85. The van der Waals surface area contributed by atoms with Gasteiger partial charge in [-0.1, -0.05) is 35.5 Å². The van der Waals surface area contributed by atoms with Gasteiger partial charge in [-0.2, -0.15) is 10.1 Å². The van der Waals surface area contributed by atoms with E-state index < -0.39 is 22.7 Å².